The lowest BCUT2D eigenvalue weighted by Gasteiger charge is -2.12. The van der Waals surface area contributed by atoms with Gasteiger partial charge in [-0.15, -0.1) is 0 Å². The first kappa shape index (κ1) is 14.5. The summed E-state index contributed by atoms with van der Waals surface area (Å²) in [6.07, 6.45) is 3.12. The fourth-order valence-corrected chi connectivity index (χ4v) is 1.76. The number of hydrogen-bond donors (Lipinski definition) is 4. The van der Waals surface area contributed by atoms with Crippen molar-refractivity contribution in [3.63, 3.8) is 0 Å². The van der Waals surface area contributed by atoms with E-state index in [-0.39, 0.29) is 24.2 Å². The number of nitrogens with two attached hydrogens (primary N) is 1. The van der Waals surface area contributed by atoms with Crippen molar-refractivity contribution in [3.05, 3.63) is 11.4 Å². The summed E-state index contributed by atoms with van der Waals surface area (Å²) in [6.45, 7) is 4.06. The van der Waals surface area contributed by atoms with Gasteiger partial charge >= 0.3 is 0 Å². The van der Waals surface area contributed by atoms with Gasteiger partial charge in [-0.3, -0.25) is 9.89 Å². The molecule has 0 radical (unpaired) electrons. The molecule has 6 heteroatoms. The van der Waals surface area contributed by atoms with Gasteiger partial charge in [0, 0.05) is 12.6 Å². The Balaban J connectivity index is 2.61. The predicted molar refractivity (Wildman–Crippen MR) is 70.2 cm³/mol. The third-order valence-corrected chi connectivity index (χ3v) is 2.77. The van der Waals surface area contributed by atoms with E-state index in [0.717, 1.165) is 25.0 Å². The van der Waals surface area contributed by atoms with E-state index in [1.54, 1.807) is 0 Å². The minimum absolute atomic E-state index is 0.00428. The Morgan fingerprint density at radius 3 is 2.94 bits per heavy atom. The summed E-state index contributed by atoms with van der Waals surface area (Å²) in [7, 11) is 0. The summed E-state index contributed by atoms with van der Waals surface area (Å²) >= 11 is 0. The Bertz CT molecular complexity index is 389. The monoisotopic (exact) mass is 254 g/mol. The number of aromatic amines is 1. The summed E-state index contributed by atoms with van der Waals surface area (Å²) in [5.74, 6) is -0.267. The molecule has 0 aliphatic rings. The average molecular weight is 254 g/mol. The van der Waals surface area contributed by atoms with Crippen molar-refractivity contribution < 1.29 is 9.90 Å². The molecule has 18 heavy (non-hydrogen) atoms. The number of aryl methyl sites for hydroxylation is 1. The van der Waals surface area contributed by atoms with Gasteiger partial charge in [-0.05, 0) is 26.2 Å². The van der Waals surface area contributed by atoms with Crippen LogP contribution in [0.25, 0.3) is 0 Å². The zero-order chi connectivity index (χ0) is 13.5. The molecule has 0 aromatic carbocycles. The number of aliphatic hydroxyl groups is 1. The van der Waals surface area contributed by atoms with Crippen LogP contribution >= 0.6 is 0 Å². The highest BCUT2D eigenvalue weighted by Gasteiger charge is 2.18. The summed E-state index contributed by atoms with van der Waals surface area (Å²) < 4.78 is 0. The molecule has 0 aliphatic heterocycles. The number of aromatic nitrogens is 2. The van der Waals surface area contributed by atoms with E-state index in [1.807, 2.05) is 13.8 Å². The molecule has 0 fully saturated rings. The number of rotatable bonds is 7. The third-order valence-electron chi connectivity index (χ3n) is 2.77. The minimum Gasteiger partial charge on any atom is -0.396 e. The number of carbonyl (C=O) groups is 1. The summed E-state index contributed by atoms with van der Waals surface area (Å²) in [5, 5.41) is 18.3. The zero-order valence-corrected chi connectivity index (χ0v) is 11.0. The van der Waals surface area contributed by atoms with Gasteiger partial charge in [-0.2, -0.15) is 5.10 Å². The molecule has 102 valence electrons. The van der Waals surface area contributed by atoms with Crippen LogP contribution in [0.15, 0.2) is 0 Å². The van der Waals surface area contributed by atoms with Crippen LogP contribution in [0.3, 0.4) is 0 Å². The molecule has 1 heterocycles. The molecule has 1 atom stereocenters. The smallest absolute Gasteiger partial charge is 0.274 e. The van der Waals surface area contributed by atoms with Crippen LogP contribution in [-0.4, -0.2) is 33.9 Å². The largest absolute Gasteiger partial charge is 0.396 e. The van der Waals surface area contributed by atoms with E-state index in [0.29, 0.717) is 12.1 Å². The number of aliphatic hydroxyl groups excluding tert-OH is 1. The van der Waals surface area contributed by atoms with Gasteiger partial charge in [-0.1, -0.05) is 13.3 Å². The van der Waals surface area contributed by atoms with Gasteiger partial charge in [0.2, 0.25) is 0 Å². The maximum atomic E-state index is 11.9. The lowest BCUT2D eigenvalue weighted by Crippen LogP contribution is -2.33. The van der Waals surface area contributed by atoms with Crippen molar-refractivity contribution >= 4 is 11.6 Å². The lowest BCUT2D eigenvalue weighted by molar-refractivity contribution is 0.0932. The molecule has 1 aromatic heterocycles. The minimum atomic E-state index is -0.267. The van der Waals surface area contributed by atoms with Crippen LogP contribution in [0.5, 0.6) is 0 Å². The highest BCUT2D eigenvalue weighted by atomic mass is 16.3. The van der Waals surface area contributed by atoms with Crippen molar-refractivity contribution in [2.45, 2.75) is 45.6 Å². The number of carbonyl (C=O) groups excluding carboxylic acids is 1. The molecule has 6 nitrogen and oxygen atoms in total. The lowest BCUT2D eigenvalue weighted by atomic mass is 10.1. The fourth-order valence-electron chi connectivity index (χ4n) is 1.76. The molecule has 1 aromatic rings. The fraction of sp³-hybridized carbons (Fsp3) is 0.667. The van der Waals surface area contributed by atoms with Crippen LogP contribution in [0.1, 0.15) is 49.3 Å². The molecule has 1 unspecified atom stereocenters. The number of amides is 1. The van der Waals surface area contributed by atoms with Crippen molar-refractivity contribution in [3.8, 4) is 0 Å². The predicted octanol–water partition coefficient (Wildman–Crippen LogP) is 0.835. The second-order valence-corrected chi connectivity index (χ2v) is 4.45. The molecule has 0 bridgehead atoms. The molecule has 1 amide bonds. The zero-order valence-electron chi connectivity index (χ0n) is 11.0. The Morgan fingerprint density at radius 2 is 2.33 bits per heavy atom. The first-order chi connectivity index (χ1) is 8.60. The van der Waals surface area contributed by atoms with E-state index in [1.165, 1.54) is 0 Å². The third kappa shape index (κ3) is 3.73. The number of nitrogen functional groups attached to an aromatic ring is 1. The average Bonchev–Trinajstić information content (AvgIpc) is 2.69. The van der Waals surface area contributed by atoms with E-state index >= 15 is 0 Å². The SMILES string of the molecule is CCCc1[nH]nc(C(=O)NC(C)CCCO)c1N. The second-order valence-electron chi connectivity index (χ2n) is 4.45. The van der Waals surface area contributed by atoms with Gasteiger partial charge in [0.05, 0.1) is 11.4 Å². The van der Waals surface area contributed by atoms with Crippen LogP contribution in [0, 0.1) is 0 Å². The number of nitrogens with one attached hydrogen (secondary N) is 2. The van der Waals surface area contributed by atoms with Gasteiger partial charge in [0.25, 0.3) is 5.91 Å². The Morgan fingerprint density at radius 1 is 1.61 bits per heavy atom. The Kier molecular flexibility index (Phi) is 5.64. The van der Waals surface area contributed by atoms with Crippen LogP contribution in [0.2, 0.25) is 0 Å². The maximum absolute atomic E-state index is 11.9. The normalized spacial score (nSPS) is 12.4. The van der Waals surface area contributed by atoms with Gasteiger partial charge < -0.3 is 16.2 Å². The van der Waals surface area contributed by atoms with Crippen LogP contribution < -0.4 is 11.1 Å². The number of anilines is 1. The quantitative estimate of drug-likeness (QED) is 0.578. The standard InChI is InChI=1S/C12H22N4O2/c1-3-5-9-10(13)11(16-15-9)12(18)14-8(2)6-4-7-17/h8,17H,3-7,13H2,1-2H3,(H,14,18)(H,15,16). The first-order valence-corrected chi connectivity index (χ1v) is 6.34. The summed E-state index contributed by atoms with van der Waals surface area (Å²) in [5.41, 5.74) is 7.37. The van der Waals surface area contributed by atoms with Gasteiger partial charge in [0.1, 0.15) is 0 Å². The van der Waals surface area contributed by atoms with Crippen molar-refractivity contribution in [2.75, 3.05) is 12.3 Å². The van der Waals surface area contributed by atoms with Crippen molar-refractivity contribution in [1.82, 2.24) is 15.5 Å². The highest BCUT2D eigenvalue weighted by molar-refractivity contribution is 5.97. The summed E-state index contributed by atoms with van der Waals surface area (Å²) in [6, 6.07) is -0.00428. The molecular weight excluding hydrogens is 232 g/mol. The van der Waals surface area contributed by atoms with Crippen molar-refractivity contribution in [1.29, 1.82) is 0 Å². The number of nitrogens with zero attached hydrogens (tertiary/aromatic N) is 1. The van der Waals surface area contributed by atoms with E-state index in [9.17, 15) is 4.79 Å². The summed E-state index contributed by atoms with van der Waals surface area (Å²) in [4.78, 5) is 11.9. The van der Waals surface area contributed by atoms with E-state index in [2.05, 4.69) is 15.5 Å². The number of hydrogen-bond acceptors (Lipinski definition) is 4. The van der Waals surface area contributed by atoms with Crippen LogP contribution in [-0.2, 0) is 6.42 Å². The molecule has 0 saturated carbocycles. The molecular formula is C12H22N4O2. The van der Waals surface area contributed by atoms with Gasteiger partial charge in [0.15, 0.2) is 5.69 Å². The maximum Gasteiger partial charge on any atom is 0.274 e. The van der Waals surface area contributed by atoms with Crippen molar-refractivity contribution in [2.24, 2.45) is 0 Å². The molecule has 0 spiro atoms. The molecule has 1 rings (SSSR count). The Labute approximate surface area is 107 Å². The molecule has 0 aliphatic carbocycles. The molecule has 5 N–H and O–H groups in total. The first-order valence-electron chi connectivity index (χ1n) is 6.34. The number of H-pyrrole nitrogens is 1. The van der Waals surface area contributed by atoms with Crippen LogP contribution in [0.4, 0.5) is 5.69 Å². The molecule has 0 saturated heterocycles. The topological polar surface area (TPSA) is 104 Å². The Hall–Kier alpha value is -1.56. The second kappa shape index (κ2) is 7.00. The highest BCUT2D eigenvalue weighted by Crippen LogP contribution is 2.15. The van der Waals surface area contributed by atoms with E-state index < -0.39 is 0 Å². The van der Waals surface area contributed by atoms with E-state index in [4.69, 9.17) is 10.8 Å². The van der Waals surface area contributed by atoms with Gasteiger partial charge in [-0.25, -0.2) is 0 Å².